The van der Waals surface area contributed by atoms with Crippen LogP contribution in [0.3, 0.4) is 0 Å². The molecule has 2 amide bonds. The molecule has 4 rings (SSSR count). The topological polar surface area (TPSA) is 58.6 Å². The highest BCUT2D eigenvalue weighted by Crippen LogP contribution is 2.30. The SMILES string of the molecule is O=C(Nc1ccccc1Oc1ccccc1)C1CCN(C(=O)CCc2ccccc2)CC1. The number of anilines is 1. The van der Waals surface area contributed by atoms with Crippen molar-refractivity contribution in [2.45, 2.75) is 25.7 Å². The molecule has 5 nitrogen and oxygen atoms in total. The van der Waals surface area contributed by atoms with E-state index in [1.807, 2.05) is 89.8 Å². The maximum atomic E-state index is 12.9. The van der Waals surface area contributed by atoms with E-state index in [1.165, 1.54) is 5.56 Å². The summed E-state index contributed by atoms with van der Waals surface area (Å²) >= 11 is 0. The highest BCUT2D eigenvalue weighted by molar-refractivity contribution is 5.94. The zero-order valence-corrected chi connectivity index (χ0v) is 18.1. The van der Waals surface area contributed by atoms with Crippen LogP contribution in [0.2, 0.25) is 0 Å². The number of hydrogen-bond donors (Lipinski definition) is 1. The number of para-hydroxylation sites is 3. The van der Waals surface area contributed by atoms with Gasteiger partial charge >= 0.3 is 0 Å². The molecule has 3 aromatic rings. The summed E-state index contributed by atoms with van der Waals surface area (Å²) < 4.78 is 5.94. The Morgan fingerprint density at radius 2 is 1.47 bits per heavy atom. The summed E-state index contributed by atoms with van der Waals surface area (Å²) in [6.07, 6.45) is 2.60. The maximum absolute atomic E-state index is 12.9. The van der Waals surface area contributed by atoms with Crippen molar-refractivity contribution in [1.29, 1.82) is 0 Å². The third kappa shape index (κ3) is 5.76. The van der Waals surface area contributed by atoms with Gasteiger partial charge in [-0.25, -0.2) is 0 Å². The molecule has 1 saturated heterocycles. The molecule has 1 heterocycles. The average Bonchev–Trinajstić information content (AvgIpc) is 2.85. The number of piperidine rings is 1. The van der Waals surface area contributed by atoms with Gasteiger partial charge in [0.05, 0.1) is 5.69 Å². The number of carbonyl (C=O) groups excluding carboxylic acids is 2. The largest absolute Gasteiger partial charge is 0.455 e. The molecular formula is C27H28N2O3. The standard InChI is InChI=1S/C27H28N2O3/c30-26(16-15-21-9-3-1-4-10-21)29-19-17-22(18-20-29)27(31)28-24-13-7-8-14-25(24)32-23-11-5-2-6-12-23/h1-14,22H,15-20H2,(H,28,31). The lowest BCUT2D eigenvalue weighted by Crippen LogP contribution is -2.41. The smallest absolute Gasteiger partial charge is 0.227 e. The monoisotopic (exact) mass is 428 g/mol. The molecule has 5 heteroatoms. The van der Waals surface area contributed by atoms with E-state index in [9.17, 15) is 9.59 Å². The molecule has 0 spiro atoms. The highest BCUT2D eigenvalue weighted by atomic mass is 16.5. The summed E-state index contributed by atoms with van der Waals surface area (Å²) in [6.45, 7) is 1.24. The van der Waals surface area contributed by atoms with Crippen molar-refractivity contribution < 1.29 is 14.3 Å². The van der Waals surface area contributed by atoms with Crippen molar-refractivity contribution >= 4 is 17.5 Å². The van der Waals surface area contributed by atoms with Gasteiger partial charge in [0.15, 0.2) is 5.75 Å². The zero-order chi connectivity index (χ0) is 22.2. The van der Waals surface area contributed by atoms with Crippen LogP contribution < -0.4 is 10.1 Å². The van der Waals surface area contributed by atoms with Gasteiger partial charge < -0.3 is 15.0 Å². The summed E-state index contributed by atoms with van der Waals surface area (Å²) in [6, 6.07) is 27.0. The summed E-state index contributed by atoms with van der Waals surface area (Å²) in [5.74, 6) is 1.36. The molecule has 0 bridgehead atoms. The zero-order valence-electron chi connectivity index (χ0n) is 18.1. The van der Waals surface area contributed by atoms with Crippen molar-refractivity contribution in [3.05, 3.63) is 90.5 Å². The average molecular weight is 429 g/mol. The van der Waals surface area contributed by atoms with Gasteiger partial charge in [0, 0.05) is 25.4 Å². The summed E-state index contributed by atoms with van der Waals surface area (Å²) in [5, 5.41) is 3.02. The van der Waals surface area contributed by atoms with Crippen LogP contribution in [0, 0.1) is 5.92 Å². The lowest BCUT2D eigenvalue weighted by molar-refractivity contribution is -0.134. The number of hydrogen-bond acceptors (Lipinski definition) is 3. The fraction of sp³-hybridized carbons (Fsp3) is 0.259. The lowest BCUT2D eigenvalue weighted by atomic mass is 9.95. The van der Waals surface area contributed by atoms with Crippen LogP contribution in [0.1, 0.15) is 24.8 Å². The predicted molar refractivity (Wildman–Crippen MR) is 126 cm³/mol. The number of rotatable bonds is 7. The van der Waals surface area contributed by atoms with Gasteiger partial charge in [0.2, 0.25) is 11.8 Å². The Balaban J connectivity index is 1.28. The first-order valence-corrected chi connectivity index (χ1v) is 11.1. The Morgan fingerprint density at radius 3 is 2.19 bits per heavy atom. The first-order valence-electron chi connectivity index (χ1n) is 11.1. The molecule has 0 radical (unpaired) electrons. The summed E-state index contributed by atoms with van der Waals surface area (Å²) in [7, 11) is 0. The number of amides is 2. The molecule has 1 aliphatic rings. The molecular weight excluding hydrogens is 400 g/mol. The third-order valence-electron chi connectivity index (χ3n) is 5.80. The normalized spacial score (nSPS) is 14.1. The minimum atomic E-state index is -0.113. The molecule has 0 unspecified atom stereocenters. The van der Waals surface area contributed by atoms with E-state index in [0.717, 1.165) is 12.2 Å². The van der Waals surface area contributed by atoms with Gasteiger partial charge in [-0.3, -0.25) is 9.59 Å². The quantitative estimate of drug-likeness (QED) is 0.556. The van der Waals surface area contributed by atoms with Crippen molar-refractivity contribution in [2.75, 3.05) is 18.4 Å². The van der Waals surface area contributed by atoms with E-state index in [-0.39, 0.29) is 17.7 Å². The molecule has 1 fully saturated rings. The Morgan fingerprint density at radius 1 is 0.844 bits per heavy atom. The molecule has 164 valence electrons. The lowest BCUT2D eigenvalue weighted by Gasteiger charge is -2.31. The Hall–Kier alpha value is -3.60. The molecule has 32 heavy (non-hydrogen) atoms. The number of nitrogens with zero attached hydrogens (tertiary/aromatic N) is 1. The first-order chi connectivity index (χ1) is 15.7. The van der Waals surface area contributed by atoms with E-state index in [0.29, 0.717) is 43.8 Å². The van der Waals surface area contributed by atoms with Crippen LogP contribution in [0.5, 0.6) is 11.5 Å². The van der Waals surface area contributed by atoms with Crippen molar-refractivity contribution in [3.8, 4) is 11.5 Å². The van der Waals surface area contributed by atoms with Crippen molar-refractivity contribution in [1.82, 2.24) is 4.90 Å². The van der Waals surface area contributed by atoms with E-state index in [1.54, 1.807) is 0 Å². The molecule has 0 aromatic heterocycles. The van der Waals surface area contributed by atoms with Gasteiger partial charge in [-0.1, -0.05) is 60.7 Å². The highest BCUT2D eigenvalue weighted by Gasteiger charge is 2.27. The second-order valence-corrected chi connectivity index (χ2v) is 8.04. The van der Waals surface area contributed by atoms with E-state index in [2.05, 4.69) is 5.32 Å². The fourth-order valence-corrected chi connectivity index (χ4v) is 3.95. The summed E-state index contributed by atoms with van der Waals surface area (Å²) in [5.41, 5.74) is 1.83. The number of benzene rings is 3. The van der Waals surface area contributed by atoms with Crippen LogP contribution in [0.4, 0.5) is 5.69 Å². The van der Waals surface area contributed by atoms with Crippen LogP contribution in [0.15, 0.2) is 84.9 Å². The third-order valence-corrected chi connectivity index (χ3v) is 5.80. The number of carbonyl (C=O) groups is 2. The molecule has 1 aliphatic heterocycles. The minimum absolute atomic E-state index is 0.0227. The maximum Gasteiger partial charge on any atom is 0.227 e. The fourth-order valence-electron chi connectivity index (χ4n) is 3.95. The van der Waals surface area contributed by atoms with Gasteiger partial charge in [0.25, 0.3) is 0 Å². The minimum Gasteiger partial charge on any atom is -0.455 e. The van der Waals surface area contributed by atoms with E-state index >= 15 is 0 Å². The Kier molecular flexibility index (Phi) is 7.18. The second-order valence-electron chi connectivity index (χ2n) is 8.04. The summed E-state index contributed by atoms with van der Waals surface area (Å²) in [4.78, 5) is 27.3. The molecule has 0 atom stereocenters. The number of likely N-dealkylation sites (tertiary alicyclic amines) is 1. The van der Waals surface area contributed by atoms with Gasteiger partial charge in [0.1, 0.15) is 5.75 Å². The van der Waals surface area contributed by atoms with Gasteiger partial charge in [-0.15, -0.1) is 0 Å². The predicted octanol–water partition coefficient (Wildman–Crippen LogP) is 5.29. The first kappa shape index (κ1) is 21.6. The van der Waals surface area contributed by atoms with E-state index < -0.39 is 0 Å². The number of nitrogens with one attached hydrogen (secondary N) is 1. The van der Waals surface area contributed by atoms with Gasteiger partial charge in [-0.2, -0.15) is 0 Å². The van der Waals surface area contributed by atoms with Crippen molar-refractivity contribution in [2.24, 2.45) is 5.92 Å². The Labute approximate surface area is 189 Å². The van der Waals surface area contributed by atoms with Crippen LogP contribution in [-0.2, 0) is 16.0 Å². The molecule has 1 N–H and O–H groups in total. The number of ether oxygens (including phenoxy) is 1. The van der Waals surface area contributed by atoms with Gasteiger partial charge in [-0.05, 0) is 49.1 Å². The molecule has 0 aliphatic carbocycles. The van der Waals surface area contributed by atoms with Crippen molar-refractivity contribution in [3.63, 3.8) is 0 Å². The Bertz CT molecular complexity index is 1030. The van der Waals surface area contributed by atoms with Crippen LogP contribution in [-0.4, -0.2) is 29.8 Å². The van der Waals surface area contributed by atoms with Crippen LogP contribution in [0.25, 0.3) is 0 Å². The second kappa shape index (κ2) is 10.6. The number of aryl methyl sites for hydroxylation is 1. The van der Waals surface area contributed by atoms with Crippen LogP contribution >= 0.6 is 0 Å². The molecule has 0 saturated carbocycles. The van der Waals surface area contributed by atoms with E-state index in [4.69, 9.17) is 4.74 Å². The molecule has 3 aromatic carbocycles.